The number of carboxylic acids is 1. The Balaban J connectivity index is 2.15. The number of carbonyl (C=O) groups excluding carboxylic acids is 1. The van der Waals surface area contributed by atoms with Crippen LogP contribution in [0.2, 0.25) is 0 Å². The minimum atomic E-state index is -1.15. The van der Waals surface area contributed by atoms with Crippen LogP contribution in [-0.4, -0.2) is 21.6 Å². The predicted octanol–water partition coefficient (Wildman–Crippen LogP) is 1.80. The molecule has 0 bridgehead atoms. The molecule has 0 aliphatic rings. The summed E-state index contributed by atoms with van der Waals surface area (Å²) in [4.78, 5) is 34.6. The van der Waals surface area contributed by atoms with Gasteiger partial charge in [-0.1, -0.05) is 6.07 Å². The Morgan fingerprint density at radius 2 is 1.86 bits per heavy atom. The van der Waals surface area contributed by atoms with Crippen molar-refractivity contribution in [2.75, 3.05) is 5.32 Å². The summed E-state index contributed by atoms with van der Waals surface area (Å²) in [6.07, 6.45) is 1.16. The lowest BCUT2D eigenvalue weighted by atomic mass is 10.1. The Bertz CT molecular complexity index is 793. The summed E-state index contributed by atoms with van der Waals surface area (Å²) in [5, 5.41) is 11.6. The van der Waals surface area contributed by atoms with Crippen LogP contribution in [0.4, 0.5) is 5.69 Å². The number of carboxylic acid groups (broad SMARTS) is 1. The largest absolute Gasteiger partial charge is 0.478 e. The number of benzene rings is 1. The van der Waals surface area contributed by atoms with E-state index in [4.69, 9.17) is 5.11 Å². The minimum absolute atomic E-state index is 0.0430. The first-order valence-corrected chi connectivity index (χ1v) is 6.67. The van der Waals surface area contributed by atoms with E-state index in [1.165, 1.54) is 6.07 Å². The summed E-state index contributed by atoms with van der Waals surface area (Å²) < 4.78 is 1.07. The highest BCUT2D eigenvalue weighted by Crippen LogP contribution is 2.14. The number of pyridine rings is 1. The van der Waals surface area contributed by atoms with Crippen molar-refractivity contribution in [2.45, 2.75) is 20.4 Å². The van der Waals surface area contributed by atoms with Crippen molar-refractivity contribution in [3.63, 3.8) is 0 Å². The number of hydrogen-bond acceptors (Lipinski definition) is 3. The summed E-state index contributed by atoms with van der Waals surface area (Å²) in [5.41, 5.74) is 2.32. The van der Waals surface area contributed by atoms with Crippen LogP contribution in [-0.2, 0) is 11.3 Å². The normalized spacial score (nSPS) is 10.3. The van der Waals surface area contributed by atoms with Crippen molar-refractivity contribution in [2.24, 2.45) is 0 Å². The molecule has 1 heterocycles. The topological polar surface area (TPSA) is 88.4 Å². The van der Waals surface area contributed by atoms with E-state index in [-0.39, 0.29) is 12.1 Å². The number of rotatable bonds is 4. The van der Waals surface area contributed by atoms with Crippen molar-refractivity contribution < 1.29 is 14.7 Å². The highest BCUT2D eigenvalue weighted by atomic mass is 16.4. The second kappa shape index (κ2) is 6.26. The summed E-state index contributed by atoms with van der Waals surface area (Å²) >= 11 is 0. The molecule has 114 valence electrons. The van der Waals surface area contributed by atoms with Crippen LogP contribution in [0, 0.1) is 13.8 Å². The van der Waals surface area contributed by atoms with Crippen molar-refractivity contribution in [1.82, 2.24) is 4.57 Å². The molecule has 2 N–H and O–H groups in total. The lowest BCUT2D eigenvalue weighted by Crippen LogP contribution is -2.27. The molecule has 1 aromatic carbocycles. The van der Waals surface area contributed by atoms with E-state index in [0.29, 0.717) is 5.69 Å². The van der Waals surface area contributed by atoms with E-state index >= 15 is 0 Å². The number of aryl methyl sites for hydroxylation is 2. The van der Waals surface area contributed by atoms with Gasteiger partial charge in [0.25, 0.3) is 5.56 Å². The number of amides is 1. The molecule has 0 saturated carbocycles. The molecule has 0 unspecified atom stereocenters. The van der Waals surface area contributed by atoms with Crippen molar-refractivity contribution in [3.05, 3.63) is 63.6 Å². The number of aromatic carboxylic acids is 1. The minimum Gasteiger partial charge on any atom is -0.478 e. The lowest BCUT2D eigenvalue weighted by Gasteiger charge is -2.09. The van der Waals surface area contributed by atoms with Gasteiger partial charge in [-0.25, -0.2) is 4.79 Å². The van der Waals surface area contributed by atoms with Crippen LogP contribution in [0.3, 0.4) is 0 Å². The molecule has 0 spiro atoms. The Kier molecular flexibility index (Phi) is 4.41. The quantitative estimate of drug-likeness (QED) is 0.901. The maximum atomic E-state index is 12.0. The Morgan fingerprint density at radius 1 is 1.14 bits per heavy atom. The third kappa shape index (κ3) is 3.60. The summed E-state index contributed by atoms with van der Waals surface area (Å²) in [7, 11) is 0. The molecule has 1 aromatic heterocycles. The molecule has 6 nitrogen and oxygen atoms in total. The third-order valence-corrected chi connectivity index (χ3v) is 3.34. The van der Waals surface area contributed by atoms with Gasteiger partial charge in [-0.15, -0.1) is 0 Å². The van der Waals surface area contributed by atoms with Gasteiger partial charge >= 0.3 is 5.97 Å². The van der Waals surface area contributed by atoms with E-state index in [0.717, 1.165) is 28.0 Å². The fraction of sp³-hybridized carbons (Fsp3) is 0.188. The van der Waals surface area contributed by atoms with E-state index in [2.05, 4.69) is 5.32 Å². The summed E-state index contributed by atoms with van der Waals surface area (Å²) in [6.45, 7) is 3.66. The van der Waals surface area contributed by atoms with Gasteiger partial charge in [0, 0.05) is 18.0 Å². The van der Waals surface area contributed by atoms with Gasteiger partial charge in [-0.2, -0.15) is 0 Å². The Morgan fingerprint density at radius 3 is 2.50 bits per heavy atom. The Labute approximate surface area is 127 Å². The number of hydrogen-bond donors (Lipinski definition) is 2. The maximum absolute atomic E-state index is 12.0. The number of aromatic nitrogens is 1. The van der Waals surface area contributed by atoms with Gasteiger partial charge in [0.15, 0.2) is 0 Å². The first-order valence-electron chi connectivity index (χ1n) is 6.67. The monoisotopic (exact) mass is 300 g/mol. The molecular formula is C16H16N2O4. The van der Waals surface area contributed by atoms with Crippen LogP contribution in [0.1, 0.15) is 21.5 Å². The SMILES string of the molecule is Cc1ccc(NC(=O)Cn2cc(C(=O)O)ccc2=O)cc1C. The zero-order valence-corrected chi connectivity index (χ0v) is 12.3. The molecule has 0 saturated heterocycles. The molecule has 0 fully saturated rings. The lowest BCUT2D eigenvalue weighted by molar-refractivity contribution is -0.116. The highest BCUT2D eigenvalue weighted by Gasteiger charge is 2.09. The maximum Gasteiger partial charge on any atom is 0.337 e. The van der Waals surface area contributed by atoms with E-state index in [9.17, 15) is 14.4 Å². The van der Waals surface area contributed by atoms with Gasteiger partial charge < -0.3 is 15.0 Å². The van der Waals surface area contributed by atoms with Crippen LogP contribution >= 0.6 is 0 Å². The smallest absolute Gasteiger partial charge is 0.337 e. The summed E-state index contributed by atoms with van der Waals surface area (Å²) in [5.74, 6) is -1.55. The van der Waals surface area contributed by atoms with Crippen LogP contribution < -0.4 is 10.9 Å². The molecule has 0 aliphatic heterocycles. The highest BCUT2D eigenvalue weighted by molar-refractivity contribution is 5.91. The second-order valence-corrected chi connectivity index (χ2v) is 5.04. The molecule has 22 heavy (non-hydrogen) atoms. The van der Waals surface area contributed by atoms with Crippen LogP contribution in [0.25, 0.3) is 0 Å². The number of carbonyl (C=O) groups is 2. The average molecular weight is 300 g/mol. The molecule has 2 rings (SSSR count). The van der Waals surface area contributed by atoms with Crippen molar-refractivity contribution in [1.29, 1.82) is 0 Å². The molecular weight excluding hydrogens is 284 g/mol. The fourth-order valence-electron chi connectivity index (χ4n) is 1.96. The zero-order valence-electron chi connectivity index (χ0n) is 12.3. The first-order chi connectivity index (χ1) is 10.4. The van der Waals surface area contributed by atoms with Gasteiger partial charge in [0.1, 0.15) is 6.54 Å². The Hall–Kier alpha value is -2.89. The number of anilines is 1. The molecule has 2 aromatic rings. The average Bonchev–Trinajstić information content (AvgIpc) is 2.45. The standard InChI is InChI=1S/C16H16N2O4/c1-10-3-5-13(7-11(10)2)17-14(19)9-18-8-12(16(21)22)4-6-15(18)20/h3-8H,9H2,1-2H3,(H,17,19)(H,21,22). The molecule has 0 aliphatic carbocycles. The van der Waals surface area contributed by atoms with Crippen LogP contribution in [0.15, 0.2) is 41.3 Å². The molecule has 6 heteroatoms. The van der Waals surface area contributed by atoms with Crippen molar-refractivity contribution >= 4 is 17.6 Å². The number of nitrogens with one attached hydrogen (secondary N) is 1. The fourth-order valence-corrected chi connectivity index (χ4v) is 1.96. The van der Waals surface area contributed by atoms with E-state index in [1.807, 2.05) is 26.0 Å². The van der Waals surface area contributed by atoms with E-state index in [1.54, 1.807) is 6.07 Å². The zero-order chi connectivity index (χ0) is 16.3. The van der Waals surface area contributed by atoms with Gasteiger partial charge in [0.2, 0.25) is 5.91 Å². The molecule has 1 amide bonds. The predicted molar refractivity (Wildman–Crippen MR) is 82.2 cm³/mol. The van der Waals surface area contributed by atoms with Crippen LogP contribution in [0.5, 0.6) is 0 Å². The first kappa shape index (κ1) is 15.5. The van der Waals surface area contributed by atoms with Gasteiger partial charge in [-0.3, -0.25) is 9.59 Å². The van der Waals surface area contributed by atoms with E-state index < -0.39 is 17.4 Å². The van der Waals surface area contributed by atoms with Crippen molar-refractivity contribution in [3.8, 4) is 0 Å². The second-order valence-electron chi connectivity index (χ2n) is 5.04. The number of nitrogens with zero attached hydrogens (tertiary/aromatic N) is 1. The summed E-state index contributed by atoms with van der Waals surface area (Å²) in [6, 6.07) is 7.84. The molecule has 0 atom stereocenters. The van der Waals surface area contributed by atoms with Gasteiger partial charge in [-0.05, 0) is 43.2 Å². The third-order valence-electron chi connectivity index (χ3n) is 3.34. The van der Waals surface area contributed by atoms with Gasteiger partial charge in [0.05, 0.1) is 5.56 Å². The molecule has 0 radical (unpaired) electrons.